The third-order valence-electron chi connectivity index (χ3n) is 2.54. The minimum atomic E-state index is -0.463. The zero-order chi connectivity index (χ0) is 13.0. The van der Waals surface area contributed by atoms with Crippen LogP contribution in [-0.4, -0.2) is 0 Å². The Balaban J connectivity index is 2.12. The number of halogens is 2. The molecule has 0 saturated heterocycles. The van der Waals surface area contributed by atoms with Gasteiger partial charge in [-0.05, 0) is 29.8 Å². The Morgan fingerprint density at radius 3 is 2.72 bits per heavy atom. The van der Waals surface area contributed by atoms with E-state index in [1.807, 2.05) is 18.2 Å². The number of nitrogens with zero attached hydrogens (tertiary/aromatic N) is 1. The van der Waals surface area contributed by atoms with Crippen molar-refractivity contribution in [3.05, 3.63) is 64.4 Å². The number of rotatable bonds is 3. The molecule has 0 aliphatic heterocycles. The predicted molar refractivity (Wildman–Crippen MR) is 69.9 cm³/mol. The van der Waals surface area contributed by atoms with Gasteiger partial charge in [-0.25, -0.2) is 4.39 Å². The molecular formula is C14H10ClFN2. The second-order valence-corrected chi connectivity index (χ2v) is 4.16. The average molecular weight is 261 g/mol. The van der Waals surface area contributed by atoms with Crippen molar-refractivity contribution in [2.24, 2.45) is 0 Å². The molecule has 4 heteroatoms. The van der Waals surface area contributed by atoms with E-state index in [-0.39, 0.29) is 5.02 Å². The van der Waals surface area contributed by atoms with Gasteiger partial charge in [0.25, 0.3) is 0 Å². The SMILES string of the molecule is N#Cc1ccccc1CNc1ccc(Cl)c(F)c1. The quantitative estimate of drug-likeness (QED) is 0.907. The van der Waals surface area contributed by atoms with Gasteiger partial charge >= 0.3 is 0 Å². The number of hydrogen-bond donors (Lipinski definition) is 1. The molecule has 0 atom stereocenters. The highest BCUT2D eigenvalue weighted by Gasteiger charge is 2.03. The van der Waals surface area contributed by atoms with E-state index in [9.17, 15) is 4.39 Å². The molecule has 0 unspecified atom stereocenters. The molecule has 90 valence electrons. The van der Waals surface area contributed by atoms with Crippen molar-refractivity contribution < 1.29 is 4.39 Å². The van der Waals surface area contributed by atoms with Crippen LogP contribution in [0, 0.1) is 17.1 Å². The minimum Gasteiger partial charge on any atom is -0.381 e. The lowest BCUT2D eigenvalue weighted by Gasteiger charge is -2.08. The summed E-state index contributed by atoms with van der Waals surface area (Å²) in [6.45, 7) is 0.463. The summed E-state index contributed by atoms with van der Waals surface area (Å²) < 4.78 is 13.2. The van der Waals surface area contributed by atoms with Gasteiger partial charge in [-0.1, -0.05) is 29.8 Å². The molecule has 0 aliphatic carbocycles. The van der Waals surface area contributed by atoms with E-state index in [2.05, 4.69) is 11.4 Å². The lowest BCUT2D eigenvalue weighted by atomic mass is 10.1. The third kappa shape index (κ3) is 2.79. The fraction of sp³-hybridized carbons (Fsp3) is 0.0714. The zero-order valence-corrected chi connectivity index (χ0v) is 10.2. The molecule has 0 bridgehead atoms. The maximum atomic E-state index is 13.2. The zero-order valence-electron chi connectivity index (χ0n) is 9.45. The Bertz CT molecular complexity index is 605. The van der Waals surface area contributed by atoms with E-state index in [0.717, 1.165) is 5.56 Å². The Labute approximate surface area is 110 Å². The first-order valence-corrected chi connectivity index (χ1v) is 5.75. The molecule has 0 fully saturated rings. The van der Waals surface area contributed by atoms with E-state index in [1.54, 1.807) is 12.1 Å². The van der Waals surface area contributed by atoms with Crippen molar-refractivity contribution in [1.82, 2.24) is 0 Å². The highest BCUT2D eigenvalue weighted by Crippen LogP contribution is 2.19. The van der Waals surface area contributed by atoms with Crippen LogP contribution in [0.3, 0.4) is 0 Å². The monoisotopic (exact) mass is 260 g/mol. The second kappa shape index (κ2) is 5.52. The standard InChI is InChI=1S/C14H10ClFN2/c15-13-6-5-12(7-14(13)16)18-9-11-4-2-1-3-10(11)8-17/h1-7,18H,9H2. The third-order valence-corrected chi connectivity index (χ3v) is 2.85. The van der Waals surface area contributed by atoms with Crippen molar-refractivity contribution in [3.8, 4) is 6.07 Å². The highest BCUT2D eigenvalue weighted by molar-refractivity contribution is 6.30. The molecule has 0 aliphatic rings. The number of anilines is 1. The Morgan fingerprint density at radius 2 is 2.00 bits per heavy atom. The highest BCUT2D eigenvalue weighted by atomic mass is 35.5. The largest absolute Gasteiger partial charge is 0.381 e. The van der Waals surface area contributed by atoms with Crippen LogP contribution in [0.2, 0.25) is 5.02 Å². The summed E-state index contributed by atoms with van der Waals surface area (Å²) in [7, 11) is 0. The first-order chi connectivity index (χ1) is 8.70. The lowest BCUT2D eigenvalue weighted by molar-refractivity contribution is 0.628. The summed E-state index contributed by atoms with van der Waals surface area (Å²) in [6, 6.07) is 13.9. The molecule has 2 aromatic carbocycles. The number of nitriles is 1. The normalized spacial score (nSPS) is 9.83. The van der Waals surface area contributed by atoms with Gasteiger partial charge in [-0.15, -0.1) is 0 Å². The van der Waals surface area contributed by atoms with Gasteiger partial charge in [-0.2, -0.15) is 5.26 Å². The maximum Gasteiger partial charge on any atom is 0.143 e. The summed E-state index contributed by atoms with van der Waals surface area (Å²) in [4.78, 5) is 0. The average Bonchev–Trinajstić information content (AvgIpc) is 2.40. The van der Waals surface area contributed by atoms with Gasteiger partial charge < -0.3 is 5.32 Å². The fourth-order valence-electron chi connectivity index (χ4n) is 1.59. The molecule has 2 nitrogen and oxygen atoms in total. The Morgan fingerprint density at radius 1 is 1.22 bits per heavy atom. The van der Waals surface area contributed by atoms with Gasteiger partial charge in [-0.3, -0.25) is 0 Å². The Hall–Kier alpha value is -2.05. The van der Waals surface area contributed by atoms with Crippen LogP contribution < -0.4 is 5.32 Å². The fourth-order valence-corrected chi connectivity index (χ4v) is 1.70. The molecule has 0 heterocycles. The molecule has 0 spiro atoms. The molecule has 18 heavy (non-hydrogen) atoms. The van der Waals surface area contributed by atoms with Gasteiger partial charge in [0, 0.05) is 12.2 Å². The van der Waals surface area contributed by atoms with Crippen LogP contribution in [0.5, 0.6) is 0 Å². The van der Waals surface area contributed by atoms with Crippen molar-refractivity contribution in [2.45, 2.75) is 6.54 Å². The van der Waals surface area contributed by atoms with Gasteiger partial charge in [0.1, 0.15) is 5.82 Å². The number of benzene rings is 2. The topological polar surface area (TPSA) is 35.8 Å². The summed E-state index contributed by atoms with van der Waals surface area (Å²) in [5.41, 5.74) is 2.11. The van der Waals surface area contributed by atoms with E-state index >= 15 is 0 Å². The van der Waals surface area contributed by atoms with E-state index < -0.39 is 5.82 Å². The van der Waals surface area contributed by atoms with Crippen LogP contribution >= 0.6 is 11.6 Å². The molecule has 0 amide bonds. The van der Waals surface area contributed by atoms with Gasteiger partial charge in [0.15, 0.2) is 0 Å². The van der Waals surface area contributed by atoms with Crippen molar-refractivity contribution >= 4 is 17.3 Å². The maximum absolute atomic E-state index is 13.2. The minimum absolute atomic E-state index is 0.0953. The van der Waals surface area contributed by atoms with Crippen LogP contribution in [0.1, 0.15) is 11.1 Å². The lowest BCUT2D eigenvalue weighted by Crippen LogP contribution is -2.01. The molecule has 1 N–H and O–H groups in total. The first kappa shape index (κ1) is 12.4. The molecule has 2 rings (SSSR count). The van der Waals surface area contributed by atoms with Crippen LogP contribution in [0.15, 0.2) is 42.5 Å². The van der Waals surface area contributed by atoms with Gasteiger partial charge in [0.05, 0.1) is 16.7 Å². The van der Waals surface area contributed by atoms with Crippen molar-refractivity contribution in [3.63, 3.8) is 0 Å². The van der Waals surface area contributed by atoms with Crippen LogP contribution in [-0.2, 0) is 6.54 Å². The molecule has 0 radical (unpaired) electrons. The van der Waals surface area contributed by atoms with Crippen LogP contribution in [0.25, 0.3) is 0 Å². The van der Waals surface area contributed by atoms with Crippen molar-refractivity contribution in [2.75, 3.05) is 5.32 Å². The molecule has 0 saturated carbocycles. The molecular weight excluding hydrogens is 251 g/mol. The summed E-state index contributed by atoms with van der Waals surface area (Å²) in [5, 5.41) is 12.1. The van der Waals surface area contributed by atoms with E-state index in [0.29, 0.717) is 17.8 Å². The number of nitrogens with one attached hydrogen (secondary N) is 1. The molecule has 2 aromatic rings. The summed E-state index contributed by atoms with van der Waals surface area (Å²) in [6.07, 6.45) is 0. The Kier molecular flexibility index (Phi) is 3.81. The smallest absolute Gasteiger partial charge is 0.143 e. The van der Waals surface area contributed by atoms with Crippen molar-refractivity contribution in [1.29, 1.82) is 5.26 Å². The van der Waals surface area contributed by atoms with E-state index in [1.165, 1.54) is 12.1 Å². The second-order valence-electron chi connectivity index (χ2n) is 3.75. The summed E-state index contributed by atoms with van der Waals surface area (Å²) in [5.74, 6) is -0.463. The molecule has 0 aromatic heterocycles. The van der Waals surface area contributed by atoms with Gasteiger partial charge in [0.2, 0.25) is 0 Å². The first-order valence-electron chi connectivity index (χ1n) is 5.37. The van der Waals surface area contributed by atoms with E-state index in [4.69, 9.17) is 16.9 Å². The number of hydrogen-bond acceptors (Lipinski definition) is 2. The summed E-state index contributed by atoms with van der Waals surface area (Å²) >= 11 is 5.60. The predicted octanol–water partition coefficient (Wildman–Crippen LogP) is 3.96. The van der Waals surface area contributed by atoms with Crippen LogP contribution in [0.4, 0.5) is 10.1 Å².